The molecule has 0 spiro atoms. The summed E-state index contributed by atoms with van der Waals surface area (Å²) in [7, 11) is 2.05. The predicted octanol–water partition coefficient (Wildman–Crippen LogP) is 2.04. The zero-order valence-electron chi connectivity index (χ0n) is 9.28. The van der Waals surface area contributed by atoms with E-state index in [1.165, 1.54) is 38.0 Å². The second kappa shape index (κ2) is 5.56. The van der Waals surface area contributed by atoms with Crippen LogP contribution in [0.15, 0.2) is 17.6 Å². The van der Waals surface area contributed by atoms with Crippen molar-refractivity contribution in [3.8, 4) is 0 Å². The maximum atomic E-state index is 4.30. The molecule has 3 nitrogen and oxygen atoms in total. The Labute approximate surface area is 95.7 Å². The van der Waals surface area contributed by atoms with E-state index in [4.69, 9.17) is 0 Å². The van der Waals surface area contributed by atoms with Crippen LogP contribution in [0.5, 0.6) is 0 Å². The van der Waals surface area contributed by atoms with E-state index < -0.39 is 0 Å². The molecular formula is C11H19N3S. The zero-order valence-corrected chi connectivity index (χ0v) is 10.1. The molecule has 0 aromatic carbocycles. The van der Waals surface area contributed by atoms with Crippen molar-refractivity contribution in [1.82, 2.24) is 14.9 Å². The molecule has 15 heavy (non-hydrogen) atoms. The number of imidazole rings is 1. The lowest BCUT2D eigenvalue weighted by atomic mass is 10.0. The molecule has 84 valence electrons. The van der Waals surface area contributed by atoms with E-state index in [1.54, 1.807) is 0 Å². The number of rotatable bonds is 4. The third-order valence-corrected chi connectivity index (χ3v) is 3.98. The molecular weight excluding hydrogens is 206 g/mol. The topological polar surface area (TPSA) is 29.9 Å². The molecule has 0 bridgehead atoms. The van der Waals surface area contributed by atoms with Crippen molar-refractivity contribution in [3.05, 3.63) is 12.4 Å². The summed E-state index contributed by atoms with van der Waals surface area (Å²) in [5.74, 6) is 1.17. The smallest absolute Gasteiger partial charge is 0.167 e. The largest absolute Gasteiger partial charge is 0.329 e. The minimum atomic E-state index is 0.742. The number of nitrogens with one attached hydrogen (secondary N) is 1. The first kappa shape index (κ1) is 11.0. The number of piperidine rings is 1. The molecule has 2 rings (SSSR count). The third-order valence-electron chi connectivity index (χ3n) is 2.89. The van der Waals surface area contributed by atoms with Crippen LogP contribution in [0, 0.1) is 0 Å². The first-order valence-corrected chi connectivity index (χ1v) is 6.68. The van der Waals surface area contributed by atoms with Crippen LogP contribution in [0.3, 0.4) is 0 Å². The molecule has 0 aliphatic carbocycles. The first-order chi connectivity index (χ1) is 7.36. The Morgan fingerprint density at radius 1 is 1.60 bits per heavy atom. The number of aryl methyl sites for hydroxylation is 1. The Morgan fingerprint density at radius 3 is 3.20 bits per heavy atom. The van der Waals surface area contributed by atoms with Crippen molar-refractivity contribution < 1.29 is 0 Å². The van der Waals surface area contributed by atoms with Crippen molar-refractivity contribution >= 4 is 11.8 Å². The molecule has 1 aliphatic rings. The van der Waals surface area contributed by atoms with Gasteiger partial charge >= 0.3 is 0 Å². The first-order valence-electron chi connectivity index (χ1n) is 5.70. The van der Waals surface area contributed by atoms with Crippen molar-refractivity contribution in [3.63, 3.8) is 0 Å². The van der Waals surface area contributed by atoms with Gasteiger partial charge in [0.15, 0.2) is 5.16 Å². The lowest BCUT2D eigenvalue weighted by Gasteiger charge is -2.22. The van der Waals surface area contributed by atoms with Crippen molar-refractivity contribution in [2.75, 3.05) is 12.3 Å². The molecule has 1 aromatic heterocycles. The van der Waals surface area contributed by atoms with Gasteiger partial charge in [0.05, 0.1) is 0 Å². The summed E-state index contributed by atoms with van der Waals surface area (Å²) >= 11 is 1.86. The molecule has 0 radical (unpaired) electrons. The van der Waals surface area contributed by atoms with Crippen LogP contribution in [0.2, 0.25) is 0 Å². The van der Waals surface area contributed by atoms with Gasteiger partial charge in [-0.1, -0.05) is 18.2 Å². The normalized spacial score (nSPS) is 21.8. The molecule has 2 heterocycles. The van der Waals surface area contributed by atoms with Crippen LogP contribution < -0.4 is 5.32 Å². The summed E-state index contributed by atoms with van der Waals surface area (Å²) in [6.07, 6.45) is 9.22. The average molecular weight is 225 g/mol. The van der Waals surface area contributed by atoms with Gasteiger partial charge in [0.2, 0.25) is 0 Å². The van der Waals surface area contributed by atoms with E-state index in [-0.39, 0.29) is 0 Å². The Hall–Kier alpha value is -0.480. The highest BCUT2D eigenvalue weighted by Crippen LogP contribution is 2.18. The summed E-state index contributed by atoms with van der Waals surface area (Å²) < 4.78 is 2.08. The van der Waals surface area contributed by atoms with Crippen LogP contribution in [-0.4, -0.2) is 27.9 Å². The van der Waals surface area contributed by atoms with E-state index in [0.29, 0.717) is 0 Å². The van der Waals surface area contributed by atoms with Crippen molar-refractivity contribution in [1.29, 1.82) is 0 Å². The van der Waals surface area contributed by atoms with Gasteiger partial charge in [0, 0.05) is 31.2 Å². The number of aromatic nitrogens is 2. The van der Waals surface area contributed by atoms with Gasteiger partial charge in [-0.05, 0) is 25.8 Å². The van der Waals surface area contributed by atoms with Crippen LogP contribution >= 0.6 is 11.8 Å². The lowest BCUT2D eigenvalue weighted by Crippen LogP contribution is -2.34. The Kier molecular flexibility index (Phi) is 4.09. The summed E-state index contributed by atoms with van der Waals surface area (Å²) in [5.41, 5.74) is 0. The lowest BCUT2D eigenvalue weighted by molar-refractivity contribution is 0.394. The van der Waals surface area contributed by atoms with Crippen LogP contribution in [-0.2, 0) is 7.05 Å². The fraction of sp³-hybridized carbons (Fsp3) is 0.727. The Bertz CT molecular complexity index is 292. The molecule has 1 atom stereocenters. The number of hydrogen-bond acceptors (Lipinski definition) is 3. The summed E-state index contributed by atoms with van der Waals surface area (Å²) in [6, 6.07) is 0.742. The van der Waals surface area contributed by atoms with Gasteiger partial charge in [-0.25, -0.2) is 4.98 Å². The van der Waals surface area contributed by atoms with Crippen molar-refractivity contribution in [2.45, 2.75) is 36.9 Å². The van der Waals surface area contributed by atoms with Crippen molar-refractivity contribution in [2.24, 2.45) is 7.05 Å². The maximum absolute atomic E-state index is 4.30. The Morgan fingerprint density at radius 2 is 2.53 bits per heavy atom. The highest BCUT2D eigenvalue weighted by atomic mass is 32.2. The second-order valence-corrected chi connectivity index (χ2v) is 5.17. The van der Waals surface area contributed by atoms with Crippen LogP contribution in [0.25, 0.3) is 0 Å². The standard InChI is InChI=1S/C11H19N3S/c1-14-8-7-13-11(14)15-9-5-10-4-2-3-6-12-10/h7-8,10,12H,2-6,9H2,1H3/t10-/m1/s1. The summed E-state index contributed by atoms with van der Waals surface area (Å²) in [4.78, 5) is 4.30. The van der Waals surface area contributed by atoms with Gasteiger partial charge in [-0.2, -0.15) is 0 Å². The maximum Gasteiger partial charge on any atom is 0.167 e. The van der Waals surface area contributed by atoms with Gasteiger partial charge in [0.1, 0.15) is 0 Å². The van der Waals surface area contributed by atoms with Gasteiger partial charge < -0.3 is 9.88 Å². The van der Waals surface area contributed by atoms with E-state index >= 15 is 0 Å². The fourth-order valence-electron chi connectivity index (χ4n) is 1.95. The minimum absolute atomic E-state index is 0.742. The predicted molar refractivity (Wildman–Crippen MR) is 64.2 cm³/mol. The molecule has 4 heteroatoms. The molecule has 1 aromatic rings. The summed E-state index contributed by atoms with van der Waals surface area (Å²) in [5, 5.41) is 4.70. The van der Waals surface area contributed by atoms with E-state index in [9.17, 15) is 0 Å². The third kappa shape index (κ3) is 3.24. The minimum Gasteiger partial charge on any atom is -0.329 e. The molecule has 1 saturated heterocycles. The monoisotopic (exact) mass is 225 g/mol. The van der Waals surface area contributed by atoms with Gasteiger partial charge in [0.25, 0.3) is 0 Å². The molecule has 0 amide bonds. The van der Waals surface area contributed by atoms with Crippen LogP contribution in [0.4, 0.5) is 0 Å². The van der Waals surface area contributed by atoms with Gasteiger partial charge in [-0.3, -0.25) is 0 Å². The number of nitrogens with zero attached hydrogens (tertiary/aromatic N) is 2. The number of thioether (sulfide) groups is 1. The number of hydrogen-bond donors (Lipinski definition) is 1. The van der Waals surface area contributed by atoms with E-state index in [1.807, 2.05) is 31.2 Å². The fourth-order valence-corrected chi connectivity index (χ4v) is 2.94. The second-order valence-electron chi connectivity index (χ2n) is 4.10. The van der Waals surface area contributed by atoms with E-state index in [0.717, 1.165) is 11.2 Å². The zero-order chi connectivity index (χ0) is 10.5. The average Bonchev–Trinajstić information content (AvgIpc) is 2.66. The SMILES string of the molecule is Cn1ccnc1SCC[C@H]1CCCCN1. The molecule has 0 saturated carbocycles. The van der Waals surface area contributed by atoms with E-state index in [2.05, 4.69) is 14.9 Å². The quantitative estimate of drug-likeness (QED) is 0.795. The Balaban J connectivity index is 1.68. The van der Waals surface area contributed by atoms with Gasteiger partial charge in [-0.15, -0.1) is 0 Å². The molecule has 0 unspecified atom stereocenters. The summed E-state index contributed by atoms with van der Waals surface area (Å²) in [6.45, 7) is 1.21. The van der Waals surface area contributed by atoms with Crippen LogP contribution in [0.1, 0.15) is 25.7 Å². The highest BCUT2D eigenvalue weighted by Gasteiger charge is 2.12. The highest BCUT2D eigenvalue weighted by molar-refractivity contribution is 7.99. The molecule has 1 N–H and O–H groups in total. The molecule has 1 fully saturated rings. The molecule has 1 aliphatic heterocycles.